The summed E-state index contributed by atoms with van der Waals surface area (Å²) in [6.45, 7) is 8.64. The third kappa shape index (κ3) is 2.77. The molecular formula is C23H34O3. The summed E-state index contributed by atoms with van der Waals surface area (Å²) in [5.74, 6) is 3.65. The molecule has 7 atom stereocenters. The molecule has 0 saturated heterocycles. The predicted molar refractivity (Wildman–Crippen MR) is 101 cm³/mol. The minimum absolute atomic E-state index is 0.0355. The van der Waals surface area contributed by atoms with Crippen molar-refractivity contribution in [3.63, 3.8) is 0 Å². The molecule has 4 rings (SSSR count). The molecule has 4 aliphatic rings. The van der Waals surface area contributed by atoms with Crippen LogP contribution in [0, 0.1) is 40.9 Å². The minimum atomic E-state index is -0.0462. The Labute approximate surface area is 157 Å². The van der Waals surface area contributed by atoms with Gasteiger partial charge in [0, 0.05) is 11.8 Å². The molecule has 0 N–H and O–H groups in total. The van der Waals surface area contributed by atoms with Crippen molar-refractivity contribution in [1.29, 1.82) is 0 Å². The quantitative estimate of drug-likeness (QED) is 0.657. The summed E-state index contributed by atoms with van der Waals surface area (Å²) in [7, 11) is 0. The van der Waals surface area contributed by atoms with E-state index >= 15 is 0 Å². The number of hydrogen-bond donors (Lipinski definition) is 0. The minimum Gasteiger partial charge on any atom is -0.462 e. The van der Waals surface area contributed by atoms with Gasteiger partial charge in [-0.25, -0.2) is 0 Å². The Hall–Kier alpha value is -1.12. The third-order valence-electron chi connectivity index (χ3n) is 8.28. The number of esters is 1. The SMILES string of the molecule is CC(C)C(=O)O[C@H]1CC[C@H]2[C@H]3[C@H](CC[C@]12C)[C@H]1CCC(=O)C=C1C[C@H]3C. The Bertz CT molecular complexity index is 633. The molecule has 144 valence electrons. The molecule has 3 nitrogen and oxygen atoms in total. The lowest BCUT2D eigenvalue weighted by Gasteiger charge is -2.55. The molecule has 0 bridgehead atoms. The van der Waals surface area contributed by atoms with Gasteiger partial charge in [0.25, 0.3) is 0 Å². The van der Waals surface area contributed by atoms with Gasteiger partial charge in [0.05, 0.1) is 5.92 Å². The second kappa shape index (κ2) is 6.49. The van der Waals surface area contributed by atoms with Gasteiger partial charge in [-0.15, -0.1) is 0 Å². The highest BCUT2D eigenvalue weighted by Gasteiger charge is 2.59. The number of allylic oxidation sites excluding steroid dienone is 1. The van der Waals surface area contributed by atoms with E-state index in [9.17, 15) is 9.59 Å². The van der Waals surface area contributed by atoms with Gasteiger partial charge < -0.3 is 4.74 Å². The molecule has 4 aliphatic carbocycles. The zero-order valence-electron chi connectivity index (χ0n) is 16.8. The standard InChI is InChI=1S/C23H34O3/c1-13(2)22(25)26-20-8-7-19-21-14(3)11-15-12-16(24)5-6-17(15)18(21)9-10-23(19,20)4/h12-14,17-21H,5-11H2,1-4H3/t14-,17+,18-,19+,20+,21-,23+/m1/s1. The summed E-state index contributed by atoms with van der Waals surface area (Å²) in [6.07, 6.45) is 9.60. The van der Waals surface area contributed by atoms with Gasteiger partial charge in [-0.05, 0) is 74.2 Å². The van der Waals surface area contributed by atoms with E-state index in [1.807, 2.05) is 19.9 Å². The molecule has 0 amide bonds. The zero-order chi connectivity index (χ0) is 18.6. The maximum atomic E-state index is 12.2. The van der Waals surface area contributed by atoms with Gasteiger partial charge in [0.1, 0.15) is 6.10 Å². The Morgan fingerprint density at radius 1 is 1.23 bits per heavy atom. The van der Waals surface area contributed by atoms with E-state index in [1.165, 1.54) is 24.8 Å². The zero-order valence-corrected chi connectivity index (χ0v) is 16.8. The highest BCUT2D eigenvalue weighted by molar-refractivity contribution is 5.91. The molecule has 0 unspecified atom stereocenters. The van der Waals surface area contributed by atoms with E-state index in [0.29, 0.717) is 23.5 Å². The largest absolute Gasteiger partial charge is 0.462 e. The number of carbonyl (C=O) groups excluding carboxylic acids is 2. The van der Waals surface area contributed by atoms with Crippen LogP contribution in [-0.4, -0.2) is 17.9 Å². The molecule has 3 heteroatoms. The van der Waals surface area contributed by atoms with Crippen LogP contribution in [0.2, 0.25) is 0 Å². The van der Waals surface area contributed by atoms with Crippen LogP contribution in [-0.2, 0) is 14.3 Å². The average Bonchev–Trinajstić information content (AvgIpc) is 2.91. The monoisotopic (exact) mass is 358 g/mol. The van der Waals surface area contributed by atoms with Gasteiger partial charge >= 0.3 is 5.97 Å². The summed E-state index contributed by atoms with van der Waals surface area (Å²) in [4.78, 5) is 24.1. The van der Waals surface area contributed by atoms with E-state index in [4.69, 9.17) is 4.74 Å². The lowest BCUT2D eigenvalue weighted by atomic mass is 9.49. The van der Waals surface area contributed by atoms with E-state index in [0.717, 1.165) is 37.5 Å². The van der Waals surface area contributed by atoms with Gasteiger partial charge in [-0.3, -0.25) is 9.59 Å². The summed E-state index contributed by atoms with van der Waals surface area (Å²) in [6, 6.07) is 0. The van der Waals surface area contributed by atoms with Crippen molar-refractivity contribution in [2.75, 3.05) is 0 Å². The molecule has 0 radical (unpaired) electrons. The molecule has 3 saturated carbocycles. The molecule has 0 aromatic heterocycles. The first-order valence-electron chi connectivity index (χ1n) is 10.7. The number of rotatable bonds is 2. The van der Waals surface area contributed by atoms with Crippen LogP contribution in [0.3, 0.4) is 0 Å². The van der Waals surface area contributed by atoms with Gasteiger partial charge in [0.15, 0.2) is 5.78 Å². The highest BCUT2D eigenvalue weighted by Crippen LogP contribution is 2.63. The first kappa shape index (κ1) is 18.3. The summed E-state index contributed by atoms with van der Waals surface area (Å²) >= 11 is 0. The fourth-order valence-corrected chi connectivity index (χ4v) is 7.01. The molecule has 0 aromatic rings. The van der Waals surface area contributed by atoms with Crippen LogP contribution in [0.15, 0.2) is 11.6 Å². The van der Waals surface area contributed by atoms with Crippen molar-refractivity contribution in [3.8, 4) is 0 Å². The Balaban J connectivity index is 1.58. The van der Waals surface area contributed by atoms with E-state index in [2.05, 4.69) is 13.8 Å². The first-order chi connectivity index (χ1) is 12.3. The molecule has 26 heavy (non-hydrogen) atoms. The molecular weight excluding hydrogens is 324 g/mol. The molecule has 0 spiro atoms. The van der Waals surface area contributed by atoms with Crippen molar-refractivity contribution in [1.82, 2.24) is 0 Å². The predicted octanol–water partition coefficient (Wildman–Crippen LogP) is 4.94. The van der Waals surface area contributed by atoms with Crippen LogP contribution in [0.4, 0.5) is 0 Å². The van der Waals surface area contributed by atoms with Crippen molar-refractivity contribution in [2.45, 2.75) is 78.7 Å². The van der Waals surface area contributed by atoms with E-state index < -0.39 is 0 Å². The molecule has 0 heterocycles. The number of ketones is 1. The van der Waals surface area contributed by atoms with Crippen molar-refractivity contribution in [3.05, 3.63) is 11.6 Å². The van der Waals surface area contributed by atoms with Crippen molar-refractivity contribution >= 4 is 11.8 Å². The van der Waals surface area contributed by atoms with Crippen molar-refractivity contribution < 1.29 is 14.3 Å². The van der Waals surface area contributed by atoms with Crippen LogP contribution in [0.1, 0.15) is 72.6 Å². The first-order valence-corrected chi connectivity index (χ1v) is 10.7. The summed E-state index contributed by atoms with van der Waals surface area (Å²) in [5, 5.41) is 0. The maximum Gasteiger partial charge on any atom is 0.308 e. The average molecular weight is 359 g/mol. The third-order valence-corrected chi connectivity index (χ3v) is 8.28. The maximum absolute atomic E-state index is 12.2. The van der Waals surface area contributed by atoms with E-state index in [-0.39, 0.29) is 23.4 Å². The smallest absolute Gasteiger partial charge is 0.308 e. The lowest BCUT2D eigenvalue weighted by Crippen LogP contribution is -2.51. The molecule has 0 aromatic carbocycles. The second-order valence-electron chi connectivity index (χ2n) is 10.1. The summed E-state index contributed by atoms with van der Waals surface area (Å²) in [5.41, 5.74) is 1.59. The van der Waals surface area contributed by atoms with Crippen LogP contribution >= 0.6 is 0 Å². The fourth-order valence-electron chi connectivity index (χ4n) is 7.01. The number of fused-ring (bicyclic) bond motifs is 5. The fraction of sp³-hybridized carbons (Fsp3) is 0.826. The normalized spacial score (nSPS) is 44.8. The molecule has 3 fully saturated rings. The van der Waals surface area contributed by atoms with Crippen LogP contribution in [0.5, 0.6) is 0 Å². The van der Waals surface area contributed by atoms with Crippen LogP contribution in [0.25, 0.3) is 0 Å². The van der Waals surface area contributed by atoms with Gasteiger partial charge in [-0.2, -0.15) is 0 Å². The van der Waals surface area contributed by atoms with Gasteiger partial charge in [-0.1, -0.05) is 33.3 Å². The topological polar surface area (TPSA) is 43.4 Å². The van der Waals surface area contributed by atoms with Crippen molar-refractivity contribution in [2.24, 2.45) is 40.9 Å². The lowest BCUT2D eigenvalue weighted by molar-refractivity contribution is -0.163. The Morgan fingerprint density at radius 3 is 2.73 bits per heavy atom. The Morgan fingerprint density at radius 2 is 2.00 bits per heavy atom. The number of hydrogen-bond acceptors (Lipinski definition) is 3. The second-order valence-corrected chi connectivity index (χ2v) is 10.1. The van der Waals surface area contributed by atoms with E-state index in [1.54, 1.807) is 0 Å². The van der Waals surface area contributed by atoms with Gasteiger partial charge in [0.2, 0.25) is 0 Å². The molecule has 0 aliphatic heterocycles. The number of carbonyl (C=O) groups is 2. The van der Waals surface area contributed by atoms with Crippen LogP contribution < -0.4 is 0 Å². The Kier molecular flexibility index (Phi) is 4.56. The number of ether oxygens (including phenoxy) is 1. The summed E-state index contributed by atoms with van der Waals surface area (Å²) < 4.78 is 5.99. The highest BCUT2D eigenvalue weighted by atomic mass is 16.5.